The highest BCUT2D eigenvalue weighted by molar-refractivity contribution is 7.99. The Balaban J connectivity index is 1.58. The highest BCUT2D eigenvalue weighted by atomic mass is 32.2. The Bertz CT molecular complexity index is 562. The van der Waals surface area contributed by atoms with Gasteiger partial charge in [0.2, 0.25) is 5.91 Å². The van der Waals surface area contributed by atoms with Crippen molar-refractivity contribution < 1.29 is 4.79 Å². The van der Waals surface area contributed by atoms with E-state index >= 15 is 0 Å². The summed E-state index contributed by atoms with van der Waals surface area (Å²) < 4.78 is 0. The van der Waals surface area contributed by atoms with Crippen LogP contribution in [0.1, 0.15) is 49.8 Å². The number of thioether (sulfide) groups is 1. The van der Waals surface area contributed by atoms with E-state index in [2.05, 4.69) is 27.3 Å². The minimum absolute atomic E-state index is 0.216. The summed E-state index contributed by atoms with van der Waals surface area (Å²) in [6, 6.07) is 4.72. The van der Waals surface area contributed by atoms with E-state index in [1.165, 1.54) is 49.4 Å². The van der Waals surface area contributed by atoms with Crippen molar-refractivity contribution in [2.24, 2.45) is 0 Å². The largest absolute Gasteiger partial charge is 0.337 e. The summed E-state index contributed by atoms with van der Waals surface area (Å²) in [4.78, 5) is 20.1. The molecule has 4 rings (SSSR count). The summed E-state index contributed by atoms with van der Waals surface area (Å²) in [5.74, 6) is 2.76. The number of thiophene rings is 1. The normalized spacial score (nSPS) is 27.5. The fraction of sp³-hybridized carbons (Fsp3) is 0.750. The topological polar surface area (TPSA) is 23.6 Å². The van der Waals surface area contributed by atoms with Crippen LogP contribution in [0.25, 0.3) is 0 Å². The molecule has 1 amide bonds. The van der Waals surface area contributed by atoms with Crippen molar-refractivity contribution in [2.45, 2.75) is 56.4 Å². The molecule has 1 aromatic heterocycles. The smallest absolute Gasteiger partial charge is 0.234 e. The number of hydrogen-bond donors (Lipinski definition) is 0. The first kappa shape index (κ1) is 17.9. The molecule has 0 N–H and O–H groups in total. The number of nitrogens with zero attached hydrogens (tertiary/aromatic N) is 2. The van der Waals surface area contributed by atoms with Crippen molar-refractivity contribution in [3.63, 3.8) is 0 Å². The highest BCUT2D eigenvalue weighted by Gasteiger charge is 2.47. The molecular weight excluding hydrogens is 348 g/mol. The maximum atomic E-state index is 13.9. The molecule has 1 aliphatic carbocycles. The third kappa shape index (κ3) is 3.65. The Morgan fingerprint density at radius 2 is 1.92 bits per heavy atom. The summed E-state index contributed by atoms with van der Waals surface area (Å²) in [6.45, 7) is 4.48. The fourth-order valence-corrected chi connectivity index (χ4v) is 6.92. The monoisotopic (exact) mass is 378 g/mol. The van der Waals surface area contributed by atoms with Crippen LogP contribution >= 0.6 is 23.1 Å². The van der Waals surface area contributed by atoms with Crippen LogP contribution in [0.3, 0.4) is 0 Å². The van der Waals surface area contributed by atoms with Crippen LogP contribution in [0.4, 0.5) is 0 Å². The van der Waals surface area contributed by atoms with Crippen LogP contribution in [0.5, 0.6) is 0 Å². The van der Waals surface area contributed by atoms with Gasteiger partial charge in [0.1, 0.15) is 0 Å². The molecule has 1 saturated carbocycles. The summed E-state index contributed by atoms with van der Waals surface area (Å²) in [6.07, 6.45) is 8.29. The molecule has 138 valence electrons. The predicted octanol–water partition coefficient (Wildman–Crippen LogP) is 3.99. The third-order valence-electron chi connectivity index (χ3n) is 6.23. The molecule has 25 heavy (non-hydrogen) atoms. The van der Waals surface area contributed by atoms with Gasteiger partial charge in [0.05, 0.1) is 11.5 Å². The number of carbonyl (C=O) groups is 1. The maximum Gasteiger partial charge on any atom is 0.234 e. The number of amides is 1. The van der Waals surface area contributed by atoms with Gasteiger partial charge in [-0.25, -0.2) is 0 Å². The van der Waals surface area contributed by atoms with Gasteiger partial charge in [0, 0.05) is 23.7 Å². The molecule has 1 aromatic rings. The van der Waals surface area contributed by atoms with Crippen molar-refractivity contribution >= 4 is 29.0 Å². The van der Waals surface area contributed by atoms with E-state index in [1.807, 2.05) is 11.8 Å². The third-order valence-corrected chi connectivity index (χ3v) is 8.50. The maximum absolute atomic E-state index is 13.9. The molecule has 3 heterocycles. The van der Waals surface area contributed by atoms with Gasteiger partial charge >= 0.3 is 0 Å². The van der Waals surface area contributed by atoms with Crippen molar-refractivity contribution in [3.8, 4) is 0 Å². The lowest BCUT2D eigenvalue weighted by Crippen LogP contribution is -2.53. The molecule has 2 aliphatic heterocycles. The molecule has 3 aliphatic rings. The quantitative estimate of drug-likeness (QED) is 0.791. The van der Waals surface area contributed by atoms with Crippen molar-refractivity contribution in [1.29, 1.82) is 0 Å². The first-order valence-corrected chi connectivity index (χ1v) is 12.0. The zero-order chi connectivity index (χ0) is 17.1. The van der Waals surface area contributed by atoms with Crippen molar-refractivity contribution in [1.82, 2.24) is 9.80 Å². The van der Waals surface area contributed by atoms with Gasteiger partial charge in [-0.05, 0) is 62.4 Å². The highest BCUT2D eigenvalue weighted by Crippen LogP contribution is 2.45. The molecule has 5 heteroatoms. The van der Waals surface area contributed by atoms with Crippen LogP contribution in [0, 0.1) is 0 Å². The Kier molecular flexibility index (Phi) is 5.73. The average Bonchev–Trinajstić information content (AvgIpc) is 3.36. The Labute approximate surface area is 160 Å². The number of carbonyl (C=O) groups excluding carboxylic acids is 1. The number of rotatable bonds is 4. The summed E-state index contributed by atoms with van der Waals surface area (Å²) in [5.41, 5.74) is -0.216. The van der Waals surface area contributed by atoms with Crippen LogP contribution in [-0.4, -0.2) is 59.4 Å². The van der Waals surface area contributed by atoms with Gasteiger partial charge in [-0.2, -0.15) is 11.8 Å². The van der Waals surface area contributed by atoms with Crippen molar-refractivity contribution in [3.05, 3.63) is 22.4 Å². The van der Waals surface area contributed by atoms with Crippen LogP contribution in [0.15, 0.2) is 17.5 Å². The molecule has 0 radical (unpaired) electrons. The minimum Gasteiger partial charge on any atom is -0.337 e. The van der Waals surface area contributed by atoms with Gasteiger partial charge in [-0.3, -0.25) is 4.79 Å². The second-order valence-corrected chi connectivity index (χ2v) is 9.95. The van der Waals surface area contributed by atoms with Crippen molar-refractivity contribution in [2.75, 3.05) is 37.7 Å². The summed E-state index contributed by atoms with van der Waals surface area (Å²) in [7, 11) is 0. The molecule has 0 unspecified atom stereocenters. The second kappa shape index (κ2) is 8.01. The first-order valence-electron chi connectivity index (χ1n) is 9.95. The van der Waals surface area contributed by atoms with E-state index in [1.54, 1.807) is 11.3 Å². The van der Waals surface area contributed by atoms with Gasteiger partial charge in [-0.15, -0.1) is 11.3 Å². The van der Waals surface area contributed by atoms with Crippen LogP contribution in [0.2, 0.25) is 0 Å². The Morgan fingerprint density at radius 1 is 1.12 bits per heavy atom. The summed E-state index contributed by atoms with van der Waals surface area (Å²) in [5, 5.41) is 2.14. The first-order chi connectivity index (χ1) is 12.3. The summed E-state index contributed by atoms with van der Waals surface area (Å²) >= 11 is 3.84. The molecule has 0 aromatic carbocycles. The van der Waals surface area contributed by atoms with Gasteiger partial charge in [-0.1, -0.05) is 18.9 Å². The SMILES string of the molecule is O=C(N1CCCSC[C@H]1CN1CCCC1)C1(c2cccs2)CCCC1. The van der Waals surface area contributed by atoms with Crippen LogP contribution < -0.4 is 0 Å². The molecule has 2 saturated heterocycles. The lowest BCUT2D eigenvalue weighted by atomic mass is 9.82. The molecule has 0 bridgehead atoms. The molecular formula is C20H30N2OS2. The van der Waals surface area contributed by atoms with Crippen LogP contribution in [-0.2, 0) is 10.2 Å². The van der Waals surface area contributed by atoms with Gasteiger partial charge < -0.3 is 9.80 Å². The zero-order valence-corrected chi connectivity index (χ0v) is 16.8. The standard InChI is InChI=1S/C20H30N2OS2/c23-19(20(8-1-2-9-20)18-7-5-14-25-18)22-12-6-13-24-16-17(22)15-21-10-3-4-11-21/h5,7,14,17H,1-4,6,8-13,15-16H2/t17-/m1/s1. The van der Waals surface area contributed by atoms with Gasteiger partial charge in [0.15, 0.2) is 0 Å². The lowest BCUT2D eigenvalue weighted by molar-refractivity contribution is -0.139. The van der Waals surface area contributed by atoms with E-state index in [-0.39, 0.29) is 5.41 Å². The Morgan fingerprint density at radius 3 is 2.64 bits per heavy atom. The second-order valence-electron chi connectivity index (χ2n) is 7.86. The Hall–Kier alpha value is -0.520. The minimum atomic E-state index is -0.216. The van der Waals surface area contributed by atoms with E-state index in [4.69, 9.17) is 0 Å². The number of likely N-dealkylation sites (tertiary alicyclic amines) is 1. The van der Waals surface area contributed by atoms with E-state index < -0.39 is 0 Å². The molecule has 0 spiro atoms. The molecule has 1 atom stereocenters. The van der Waals surface area contributed by atoms with E-state index in [0.717, 1.165) is 38.1 Å². The fourth-order valence-electron chi connectivity index (χ4n) is 4.88. The average molecular weight is 379 g/mol. The lowest BCUT2D eigenvalue weighted by Gasteiger charge is -2.39. The number of hydrogen-bond acceptors (Lipinski definition) is 4. The van der Waals surface area contributed by atoms with E-state index in [9.17, 15) is 4.79 Å². The van der Waals surface area contributed by atoms with Gasteiger partial charge in [0.25, 0.3) is 0 Å². The van der Waals surface area contributed by atoms with E-state index in [0.29, 0.717) is 11.9 Å². The zero-order valence-electron chi connectivity index (χ0n) is 15.1. The molecule has 3 fully saturated rings. The predicted molar refractivity (Wildman–Crippen MR) is 108 cm³/mol. The molecule has 3 nitrogen and oxygen atoms in total.